The normalized spacial score (nSPS) is 10.4. The van der Waals surface area contributed by atoms with Gasteiger partial charge in [0.2, 0.25) is 0 Å². The number of rotatable bonds is 4. The summed E-state index contributed by atoms with van der Waals surface area (Å²) in [7, 11) is 0. The van der Waals surface area contributed by atoms with Crippen LogP contribution in [0.2, 0.25) is 0 Å². The van der Waals surface area contributed by atoms with Crippen molar-refractivity contribution in [2.45, 2.75) is 6.54 Å². The number of aromatic nitrogens is 4. The summed E-state index contributed by atoms with van der Waals surface area (Å²) < 4.78 is 0. The van der Waals surface area contributed by atoms with E-state index in [9.17, 15) is 0 Å². The number of hydrogen-bond donors (Lipinski definition) is 3. The first-order chi connectivity index (χ1) is 8.92. The molecule has 0 saturated heterocycles. The molecule has 18 heavy (non-hydrogen) atoms. The molecule has 0 aliphatic carbocycles. The molecule has 90 valence electrons. The molecule has 0 spiro atoms. The standard InChI is InChI=1S/C13H13N5/c1-3-11(16-6-12-5-14-8-17-12)4-2-10(1)13-7-15-9-18-13/h1-5,7-9,16H,6H2,(H,14,17)(H,15,18). The van der Waals surface area contributed by atoms with Crippen LogP contribution in [-0.2, 0) is 6.54 Å². The van der Waals surface area contributed by atoms with Crippen LogP contribution in [0.25, 0.3) is 11.3 Å². The maximum absolute atomic E-state index is 4.01. The van der Waals surface area contributed by atoms with Crippen LogP contribution in [0, 0.1) is 0 Å². The minimum Gasteiger partial charge on any atom is -0.379 e. The molecule has 5 nitrogen and oxygen atoms in total. The predicted octanol–water partition coefficient (Wildman–Crippen LogP) is 2.41. The van der Waals surface area contributed by atoms with E-state index in [1.807, 2.05) is 24.5 Å². The van der Waals surface area contributed by atoms with Crippen LogP contribution in [0.1, 0.15) is 5.69 Å². The Labute approximate surface area is 104 Å². The van der Waals surface area contributed by atoms with Gasteiger partial charge in [0.25, 0.3) is 0 Å². The lowest BCUT2D eigenvalue weighted by molar-refractivity contribution is 1.07. The van der Waals surface area contributed by atoms with Gasteiger partial charge >= 0.3 is 0 Å². The molecule has 0 unspecified atom stereocenters. The zero-order valence-corrected chi connectivity index (χ0v) is 9.72. The Morgan fingerprint density at radius 2 is 1.72 bits per heavy atom. The van der Waals surface area contributed by atoms with E-state index in [2.05, 4.69) is 37.4 Å². The number of aromatic amines is 2. The Kier molecular flexibility index (Phi) is 2.79. The third kappa shape index (κ3) is 2.24. The highest BCUT2D eigenvalue weighted by atomic mass is 14.9. The SMILES string of the molecule is c1ncc(CNc2ccc(-c3cnc[nH]3)cc2)[nH]1. The summed E-state index contributed by atoms with van der Waals surface area (Å²) in [6.07, 6.45) is 6.98. The molecule has 3 rings (SSSR count). The van der Waals surface area contributed by atoms with Gasteiger partial charge in [-0.05, 0) is 17.7 Å². The van der Waals surface area contributed by atoms with E-state index in [0.29, 0.717) is 0 Å². The fraction of sp³-hybridized carbons (Fsp3) is 0.0769. The van der Waals surface area contributed by atoms with E-state index in [4.69, 9.17) is 0 Å². The van der Waals surface area contributed by atoms with Gasteiger partial charge in [-0.15, -0.1) is 0 Å². The molecule has 2 aromatic heterocycles. The topological polar surface area (TPSA) is 69.4 Å². The van der Waals surface area contributed by atoms with E-state index >= 15 is 0 Å². The van der Waals surface area contributed by atoms with Crippen molar-refractivity contribution in [3.8, 4) is 11.3 Å². The summed E-state index contributed by atoms with van der Waals surface area (Å²) >= 11 is 0. The molecule has 0 aliphatic rings. The molecule has 0 fully saturated rings. The summed E-state index contributed by atoms with van der Waals surface area (Å²) in [5.41, 5.74) is 4.29. The molecule has 0 aliphatic heterocycles. The highest BCUT2D eigenvalue weighted by molar-refractivity contribution is 5.61. The van der Waals surface area contributed by atoms with Crippen LogP contribution < -0.4 is 5.32 Å². The first-order valence-corrected chi connectivity index (χ1v) is 5.72. The molecule has 3 N–H and O–H groups in total. The number of anilines is 1. The van der Waals surface area contributed by atoms with Crippen molar-refractivity contribution < 1.29 is 0 Å². The maximum atomic E-state index is 4.01. The van der Waals surface area contributed by atoms with Gasteiger partial charge in [0, 0.05) is 11.9 Å². The lowest BCUT2D eigenvalue weighted by Gasteiger charge is -2.05. The third-order valence-electron chi connectivity index (χ3n) is 2.73. The summed E-state index contributed by atoms with van der Waals surface area (Å²) in [6, 6.07) is 8.21. The number of benzene rings is 1. The second-order valence-corrected chi connectivity index (χ2v) is 3.97. The number of nitrogens with zero attached hydrogens (tertiary/aromatic N) is 2. The van der Waals surface area contributed by atoms with Crippen LogP contribution in [-0.4, -0.2) is 19.9 Å². The molecule has 0 bridgehead atoms. The minimum absolute atomic E-state index is 0.739. The zero-order valence-electron chi connectivity index (χ0n) is 9.72. The number of H-pyrrole nitrogens is 2. The maximum Gasteiger partial charge on any atom is 0.0924 e. The minimum atomic E-state index is 0.739. The molecule has 1 aromatic carbocycles. The molecule has 0 radical (unpaired) electrons. The van der Waals surface area contributed by atoms with Crippen molar-refractivity contribution in [1.82, 2.24) is 19.9 Å². The number of nitrogens with one attached hydrogen (secondary N) is 3. The van der Waals surface area contributed by atoms with Gasteiger partial charge in [0.15, 0.2) is 0 Å². The Balaban J connectivity index is 1.68. The van der Waals surface area contributed by atoms with Crippen LogP contribution in [0.4, 0.5) is 5.69 Å². The number of hydrogen-bond acceptors (Lipinski definition) is 3. The largest absolute Gasteiger partial charge is 0.379 e. The van der Waals surface area contributed by atoms with Gasteiger partial charge in [-0.1, -0.05) is 12.1 Å². The van der Waals surface area contributed by atoms with Gasteiger partial charge in [-0.25, -0.2) is 9.97 Å². The lowest BCUT2D eigenvalue weighted by Crippen LogP contribution is -1.99. The Hall–Kier alpha value is -2.56. The predicted molar refractivity (Wildman–Crippen MR) is 69.9 cm³/mol. The molecule has 5 heteroatoms. The molecule has 3 aromatic rings. The smallest absolute Gasteiger partial charge is 0.0924 e. The molecule has 0 saturated carbocycles. The first kappa shape index (κ1) is 10.6. The van der Waals surface area contributed by atoms with Crippen molar-refractivity contribution in [3.63, 3.8) is 0 Å². The Bertz CT molecular complexity index is 581. The molecule has 0 atom stereocenters. The summed E-state index contributed by atoms with van der Waals surface area (Å²) in [5, 5.41) is 3.32. The average Bonchev–Trinajstić information content (AvgIpc) is 3.10. The van der Waals surface area contributed by atoms with Crippen LogP contribution in [0.3, 0.4) is 0 Å². The molecule has 0 amide bonds. The first-order valence-electron chi connectivity index (χ1n) is 5.72. The third-order valence-corrected chi connectivity index (χ3v) is 2.73. The summed E-state index contributed by atoms with van der Waals surface area (Å²) in [4.78, 5) is 14.1. The van der Waals surface area contributed by atoms with Gasteiger partial charge in [0.05, 0.1) is 36.8 Å². The second-order valence-electron chi connectivity index (χ2n) is 3.97. The van der Waals surface area contributed by atoms with Gasteiger partial charge in [-0.2, -0.15) is 0 Å². The highest BCUT2D eigenvalue weighted by Crippen LogP contribution is 2.18. The van der Waals surface area contributed by atoms with E-state index in [-0.39, 0.29) is 0 Å². The molecular weight excluding hydrogens is 226 g/mol. The van der Waals surface area contributed by atoms with E-state index in [1.165, 1.54) is 0 Å². The fourth-order valence-electron chi connectivity index (χ4n) is 1.76. The zero-order chi connectivity index (χ0) is 12.2. The van der Waals surface area contributed by atoms with Crippen LogP contribution >= 0.6 is 0 Å². The van der Waals surface area contributed by atoms with Crippen molar-refractivity contribution in [2.75, 3.05) is 5.32 Å². The fourth-order valence-corrected chi connectivity index (χ4v) is 1.76. The van der Waals surface area contributed by atoms with Gasteiger partial charge < -0.3 is 15.3 Å². The molecule has 2 heterocycles. The average molecular weight is 239 g/mol. The number of imidazole rings is 2. The Morgan fingerprint density at radius 1 is 0.944 bits per heavy atom. The van der Waals surface area contributed by atoms with Gasteiger partial charge in [-0.3, -0.25) is 0 Å². The monoisotopic (exact) mass is 239 g/mol. The van der Waals surface area contributed by atoms with E-state index in [0.717, 1.165) is 29.2 Å². The highest BCUT2D eigenvalue weighted by Gasteiger charge is 1.99. The quantitative estimate of drug-likeness (QED) is 0.654. The van der Waals surface area contributed by atoms with Gasteiger partial charge in [0.1, 0.15) is 0 Å². The summed E-state index contributed by atoms with van der Waals surface area (Å²) in [5.74, 6) is 0. The van der Waals surface area contributed by atoms with Crippen molar-refractivity contribution in [2.24, 2.45) is 0 Å². The van der Waals surface area contributed by atoms with Crippen molar-refractivity contribution in [1.29, 1.82) is 0 Å². The van der Waals surface area contributed by atoms with Crippen molar-refractivity contribution in [3.05, 3.63) is 55.0 Å². The lowest BCUT2D eigenvalue weighted by atomic mass is 10.1. The second kappa shape index (κ2) is 4.75. The molecular formula is C13H13N5. The van der Waals surface area contributed by atoms with Crippen LogP contribution in [0.15, 0.2) is 49.3 Å². The van der Waals surface area contributed by atoms with E-state index < -0.39 is 0 Å². The summed E-state index contributed by atoms with van der Waals surface area (Å²) in [6.45, 7) is 0.739. The van der Waals surface area contributed by atoms with E-state index in [1.54, 1.807) is 12.7 Å². The van der Waals surface area contributed by atoms with Crippen LogP contribution in [0.5, 0.6) is 0 Å². The Morgan fingerprint density at radius 3 is 2.39 bits per heavy atom. The van der Waals surface area contributed by atoms with Crippen molar-refractivity contribution >= 4 is 5.69 Å².